The molecule has 0 aliphatic carbocycles. The van der Waals surface area contributed by atoms with Gasteiger partial charge in [0.15, 0.2) is 0 Å². The SMILES string of the molecule is COCCOCC(=O)N1[C@H](C)C[C@@H](c2ccccc2)[C@H]1C. The van der Waals surface area contributed by atoms with Crippen molar-refractivity contribution < 1.29 is 14.3 Å². The molecule has 0 N–H and O–H groups in total. The Labute approximate surface area is 127 Å². The summed E-state index contributed by atoms with van der Waals surface area (Å²) in [4.78, 5) is 14.3. The fraction of sp³-hybridized carbons (Fsp3) is 0.588. The van der Waals surface area contributed by atoms with Gasteiger partial charge >= 0.3 is 0 Å². The van der Waals surface area contributed by atoms with E-state index in [0.29, 0.717) is 19.1 Å². The number of carbonyl (C=O) groups excluding carboxylic acids is 1. The zero-order valence-electron chi connectivity index (χ0n) is 13.1. The summed E-state index contributed by atoms with van der Waals surface area (Å²) in [5.41, 5.74) is 1.31. The third kappa shape index (κ3) is 3.83. The van der Waals surface area contributed by atoms with E-state index in [1.165, 1.54) is 5.56 Å². The molecule has 0 bridgehead atoms. The Balaban J connectivity index is 1.96. The first-order valence-electron chi connectivity index (χ1n) is 7.58. The van der Waals surface area contributed by atoms with E-state index in [9.17, 15) is 4.79 Å². The molecular weight excluding hydrogens is 266 g/mol. The van der Waals surface area contributed by atoms with E-state index >= 15 is 0 Å². The molecular formula is C17H25NO3. The molecule has 1 fully saturated rings. The second-order valence-electron chi connectivity index (χ2n) is 5.69. The second-order valence-corrected chi connectivity index (χ2v) is 5.69. The molecule has 1 aliphatic heterocycles. The predicted octanol–water partition coefficient (Wildman–Crippen LogP) is 2.44. The highest BCUT2D eigenvalue weighted by Crippen LogP contribution is 2.37. The summed E-state index contributed by atoms with van der Waals surface area (Å²) in [5, 5.41) is 0. The quantitative estimate of drug-likeness (QED) is 0.756. The maximum absolute atomic E-state index is 12.4. The van der Waals surface area contributed by atoms with Gasteiger partial charge < -0.3 is 14.4 Å². The minimum Gasteiger partial charge on any atom is -0.382 e. The highest BCUT2D eigenvalue weighted by Gasteiger charge is 2.39. The molecule has 4 heteroatoms. The molecule has 1 amide bonds. The van der Waals surface area contributed by atoms with Crippen LogP contribution in [0.1, 0.15) is 31.7 Å². The Morgan fingerprint density at radius 1 is 1.24 bits per heavy atom. The van der Waals surface area contributed by atoms with Crippen molar-refractivity contribution in [3.05, 3.63) is 35.9 Å². The Morgan fingerprint density at radius 2 is 1.95 bits per heavy atom. The van der Waals surface area contributed by atoms with Crippen LogP contribution in [-0.2, 0) is 14.3 Å². The van der Waals surface area contributed by atoms with E-state index in [1.807, 2.05) is 11.0 Å². The second kappa shape index (κ2) is 7.57. The van der Waals surface area contributed by atoms with Gasteiger partial charge in [-0.05, 0) is 25.8 Å². The van der Waals surface area contributed by atoms with Gasteiger partial charge in [0.25, 0.3) is 0 Å². The number of methoxy groups -OCH3 is 1. The monoisotopic (exact) mass is 291 g/mol. The van der Waals surface area contributed by atoms with Gasteiger partial charge in [-0.25, -0.2) is 0 Å². The minimum atomic E-state index is 0.0736. The fourth-order valence-electron chi connectivity index (χ4n) is 3.24. The van der Waals surface area contributed by atoms with Crippen molar-refractivity contribution in [1.29, 1.82) is 0 Å². The van der Waals surface area contributed by atoms with Crippen LogP contribution >= 0.6 is 0 Å². The summed E-state index contributed by atoms with van der Waals surface area (Å²) in [5.74, 6) is 0.480. The van der Waals surface area contributed by atoms with Gasteiger partial charge in [-0.3, -0.25) is 4.79 Å². The van der Waals surface area contributed by atoms with E-state index in [2.05, 4.69) is 38.1 Å². The third-order valence-electron chi connectivity index (χ3n) is 4.26. The van der Waals surface area contributed by atoms with Crippen LogP contribution < -0.4 is 0 Å². The summed E-state index contributed by atoms with van der Waals surface area (Å²) in [6.07, 6.45) is 1.01. The zero-order chi connectivity index (χ0) is 15.2. The topological polar surface area (TPSA) is 38.8 Å². The Bertz CT molecular complexity index is 449. The van der Waals surface area contributed by atoms with Crippen LogP contribution in [0.2, 0.25) is 0 Å². The number of hydrogen-bond acceptors (Lipinski definition) is 3. The maximum atomic E-state index is 12.4. The highest BCUT2D eigenvalue weighted by molar-refractivity contribution is 5.78. The normalized spacial score (nSPS) is 25.3. The predicted molar refractivity (Wildman–Crippen MR) is 82.3 cm³/mol. The molecule has 1 aromatic rings. The van der Waals surface area contributed by atoms with Gasteiger partial charge in [0.2, 0.25) is 5.91 Å². The van der Waals surface area contributed by atoms with Gasteiger partial charge in [0.05, 0.1) is 13.2 Å². The summed E-state index contributed by atoms with van der Waals surface area (Å²) in [6, 6.07) is 10.9. The standard InChI is InChI=1S/C17H25NO3/c1-13-11-16(15-7-5-4-6-8-15)14(2)18(13)17(19)12-21-10-9-20-3/h4-8,13-14,16H,9-12H2,1-3H3/t13-,14-,16-/m1/s1. The van der Waals surface area contributed by atoms with Gasteiger partial charge in [0, 0.05) is 25.1 Å². The van der Waals surface area contributed by atoms with Crippen LogP contribution in [0.5, 0.6) is 0 Å². The van der Waals surface area contributed by atoms with E-state index in [-0.39, 0.29) is 24.6 Å². The molecule has 0 aromatic heterocycles. The molecule has 0 saturated carbocycles. The van der Waals surface area contributed by atoms with Crippen LogP contribution in [0.4, 0.5) is 0 Å². The van der Waals surface area contributed by atoms with Crippen LogP contribution in [-0.4, -0.2) is 49.8 Å². The molecule has 21 heavy (non-hydrogen) atoms. The van der Waals surface area contributed by atoms with Crippen LogP contribution in [0.3, 0.4) is 0 Å². The lowest BCUT2D eigenvalue weighted by Crippen LogP contribution is -2.41. The maximum Gasteiger partial charge on any atom is 0.249 e. The Hall–Kier alpha value is -1.39. The van der Waals surface area contributed by atoms with Crippen LogP contribution in [0.25, 0.3) is 0 Å². The van der Waals surface area contributed by atoms with Crippen LogP contribution in [0, 0.1) is 0 Å². The molecule has 116 valence electrons. The molecule has 1 saturated heterocycles. The minimum absolute atomic E-state index is 0.0736. The van der Waals surface area contributed by atoms with E-state index in [1.54, 1.807) is 7.11 Å². The summed E-state index contributed by atoms with van der Waals surface area (Å²) in [7, 11) is 1.63. The number of likely N-dealkylation sites (tertiary alicyclic amines) is 1. The number of amides is 1. The first-order chi connectivity index (χ1) is 10.1. The average Bonchev–Trinajstić information content (AvgIpc) is 2.79. The first kappa shape index (κ1) is 16.0. The lowest BCUT2D eigenvalue weighted by molar-refractivity contribution is -0.139. The smallest absolute Gasteiger partial charge is 0.249 e. The number of hydrogen-bond donors (Lipinski definition) is 0. The van der Waals surface area contributed by atoms with Gasteiger partial charge in [-0.15, -0.1) is 0 Å². The Kier molecular flexibility index (Phi) is 5.76. The fourth-order valence-corrected chi connectivity index (χ4v) is 3.24. The lowest BCUT2D eigenvalue weighted by Gasteiger charge is -2.28. The van der Waals surface area contributed by atoms with E-state index < -0.39 is 0 Å². The van der Waals surface area contributed by atoms with E-state index in [4.69, 9.17) is 9.47 Å². The number of ether oxygens (including phenoxy) is 2. The Morgan fingerprint density at radius 3 is 2.62 bits per heavy atom. The molecule has 0 spiro atoms. The van der Waals surface area contributed by atoms with Crippen molar-refractivity contribution >= 4 is 5.91 Å². The summed E-state index contributed by atoms with van der Waals surface area (Å²) in [6.45, 7) is 5.37. The van der Waals surface area contributed by atoms with Crippen molar-refractivity contribution in [2.75, 3.05) is 26.9 Å². The van der Waals surface area contributed by atoms with Gasteiger partial charge in [-0.1, -0.05) is 30.3 Å². The summed E-state index contributed by atoms with van der Waals surface area (Å²) >= 11 is 0. The zero-order valence-corrected chi connectivity index (χ0v) is 13.1. The number of benzene rings is 1. The van der Waals surface area contributed by atoms with Crippen LogP contribution in [0.15, 0.2) is 30.3 Å². The summed E-state index contributed by atoms with van der Waals surface area (Å²) < 4.78 is 10.3. The number of carbonyl (C=O) groups is 1. The number of nitrogens with zero attached hydrogens (tertiary/aromatic N) is 1. The van der Waals surface area contributed by atoms with Gasteiger partial charge in [-0.2, -0.15) is 0 Å². The molecule has 0 radical (unpaired) electrons. The largest absolute Gasteiger partial charge is 0.382 e. The third-order valence-corrected chi connectivity index (χ3v) is 4.26. The molecule has 0 unspecified atom stereocenters. The van der Waals surface area contributed by atoms with Crippen molar-refractivity contribution in [3.63, 3.8) is 0 Å². The van der Waals surface area contributed by atoms with E-state index in [0.717, 1.165) is 6.42 Å². The molecule has 3 atom stereocenters. The molecule has 1 heterocycles. The molecule has 4 nitrogen and oxygen atoms in total. The average molecular weight is 291 g/mol. The number of rotatable bonds is 6. The highest BCUT2D eigenvalue weighted by atomic mass is 16.5. The molecule has 1 aromatic carbocycles. The lowest BCUT2D eigenvalue weighted by atomic mass is 9.92. The first-order valence-corrected chi connectivity index (χ1v) is 7.58. The molecule has 1 aliphatic rings. The van der Waals surface area contributed by atoms with Crippen molar-refractivity contribution in [2.45, 2.75) is 38.3 Å². The van der Waals surface area contributed by atoms with Crippen molar-refractivity contribution in [3.8, 4) is 0 Å². The van der Waals surface area contributed by atoms with Crippen molar-refractivity contribution in [1.82, 2.24) is 4.90 Å². The van der Waals surface area contributed by atoms with Crippen molar-refractivity contribution in [2.24, 2.45) is 0 Å². The van der Waals surface area contributed by atoms with Gasteiger partial charge in [0.1, 0.15) is 6.61 Å². The molecule has 2 rings (SSSR count).